The highest BCUT2D eigenvalue weighted by Gasteiger charge is 2.33. The lowest BCUT2D eigenvalue weighted by atomic mass is 9.98. The van der Waals surface area contributed by atoms with Gasteiger partial charge >= 0.3 is 5.97 Å². The van der Waals surface area contributed by atoms with Crippen molar-refractivity contribution in [3.8, 4) is 5.75 Å². The third kappa shape index (κ3) is 5.59. The Balaban J connectivity index is 1.49. The first-order valence-electron chi connectivity index (χ1n) is 9.66. The predicted molar refractivity (Wildman–Crippen MR) is 110 cm³/mol. The Morgan fingerprint density at radius 2 is 1.74 bits per heavy atom. The van der Waals surface area contributed by atoms with Gasteiger partial charge in [-0.2, -0.15) is 4.31 Å². The summed E-state index contributed by atoms with van der Waals surface area (Å²) in [6.07, 6.45) is 0.542. The number of nitrogens with one attached hydrogen (secondary N) is 1. The number of esters is 1. The van der Waals surface area contributed by atoms with E-state index in [1.807, 2.05) is 0 Å². The Hall–Kier alpha value is -2.98. The van der Waals surface area contributed by atoms with E-state index in [0.29, 0.717) is 11.4 Å². The summed E-state index contributed by atoms with van der Waals surface area (Å²) in [5.41, 5.74) is 0.463. The largest absolute Gasteiger partial charge is 0.495 e. The summed E-state index contributed by atoms with van der Waals surface area (Å²) in [6.45, 7) is -0.190. The van der Waals surface area contributed by atoms with Gasteiger partial charge in [-0.3, -0.25) is 9.59 Å². The molecule has 1 saturated heterocycles. The fourth-order valence-corrected chi connectivity index (χ4v) is 4.75. The van der Waals surface area contributed by atoms with E-state index in [1.54, 1.807) is 24.3 Å². The van der Waals surface area contributed by atoms with Crippen molar-refractivity contribution in [2.45, 2.75) is 17.7 Å². The molecule has 0 spiro atoms. The molecule has 2 aromatic carbocycles. The maximum atomic E-state index is 13.1. The van der Waals surface area contributed by atoms with E-state index in [9.17, 15) is 22.4 Å². The van der Waals surface area contributed by atoms with Gasteiger partial charge in [0.25, 0.3) is 5.91 Å². The number of benzene rings is 2. The zero-order valence-corrected chi connectivity index (χ0v) is 17.7. The molecule has 1 N–H and O–H groups in total. The lowest BCUT2D eigenvalue weighted by Crippen LogP contribution is -2.40. The van der Waals surface area contributed by atoms with Crippen molar-refractivity contribution in [3.63, 3.8) is 0 Å². The Bertz CT molecular complexity index is 1030. The second-order valence-corrected chi connectivity index (χ2v) is 8.93. The van der Waals surface area contributed by atoms with Crippen LogP contribution in [-0.4, -0.2) is 51.4 Å². The third-order valence-electron chi connectivity index (χ3n) is 4.97. The van der Waals surface area contributed by atoms with Gasteiger partial charge in [0.2, 0.25) is 10.0 Å². The number of anilines is 1. The van der Waals surface area contributed by atoms with Crippen molar-refractivity contribution < 1.29 is 31.9 Å². The van der Waals surface area contributed by atoms with Crippen LogP contribution in [0.2, 0.25) is 0 Å². The van der Waals surface area contributed by atoms with Gasteiger partial charge in [0, 0.05) is 13.1 Å². The number of rotatable bonds is 7. The zero-order valence-electron chi connectivity index (χ0n) is 16.9. The predicted octanol–water partition coefficient (Wildman–Crippen LogP) is 2.42. The van der Waals surface area contributed by atoms with Crippen LogP contribution in [0.25, 0.3) is 0 Å². The summed E-state index contributed by atoms with van der Waals surface area (Å²) < 4.78 is 49.8. The first-order chi connectivity index (χ1) is 14.8. The molecule has 0 saturated carbocycles. The molecule has 0 aromatic heterocycles. The van der Waals surface area contributed by atoms with Crippen LogP contribution in [-0.2, 0) is 24.3 Å². The maximum absolute atomic E-state index is 13.1. The molecule has 0 bridgehead atoms. The number of halogens is 1. The minimum absolute atomic E-state index is 0.00272. The standard InChI is InChI=1S/C21H23FN2O6S/c1-29-19-5-3-2-4-18(19)23-20(25)14-30-21(26)15-10-12-24(13-11-15)31(27,28)17-8-6-16(22)7-9-17/h2-9,15H,10-14H2,1H3,(H,23,25). The van der Waals surface area contributed by atoms with Crippen LogP contribution in [0.1, 0.15) is 12.8 Å². The van der Waals surface area contributed by atoms with Gasteiger partial charge in [0.1, 0.15) is 11.6 Å². The number of para-hydroxylation sites is 2. The van der Waals surface area contributed by atoms with Gasteiger partial charge in [0.15, 0.2) is 6.61 Å². The molecule has 31 heavy (non-hydrogen) atoms. The van der Waals surface area contributed by atoms with E-state index in [4.69, 9.17) is 9.47 Å². The molecular formula is C21H23FN2O6S. The Morgan fingerprint density at radius 1 is 1.10 bits per heavy atom. The van der Waals surface area contributed by atoms with E-state index >= 15 is 0 Å². The smallest absolute Gasteiger partial charge is 0.309 e. The SMILES string of the molecule is COc1ccccc1NC(=O)COC(=O)C1CCN(S(=O)(=O)c2ccc(F)cc2)CC1. The topological polar surface area (TPSA) is 102 Å². The van der Waals surface area contributed by atoms with Crippen molar-refractivity contribution in [3.05, 3.63) is 54.3 Å². The van der Waals surface area contributed by atoms with Gasteiger partial charge in [-0.25, -0.2) is 12.8 Å². The minimum Gasteiger partial charge on any atom is -0.495 e. The molecule has 1 fully saturated rings. The molecular weight excluding hydrogens is 427 g/mol. The van der Waals surface area contributed by atoms with Crippen molar-refractivity contribution >= 4 is 27.6 Å². The molecule has 1 aliphatic heterocycles. The molecule has 2 aromatic rings. The Labute approximate surface area is 180 Å². The number of amides is 1. The first kappa shape index (κ1) is 22.7. The minimum atomic E-state index is -3.76. The lowest BCUT2D eigenvalue weighted by Gasteiger charge is -2.30. The van der Waals surface area contributed by atoms with Crippen LogP contribution >= 0.6 is 0 Å². The van der Waals surface area contributed by atoms with Gasteiger partial charge in [-0.05, 0) is 49.2 Å². The number of carbonyl (C=O) groups is 2. The molecule has 166 valence electrons. The number of hydrogen-bond acceptors (Lipinski definition) is 6. The lowest BCUT2D eigenvalue weighted by molar-refractivity contribution is -0.152. The highest BCUT2D eigenvalue weighted by atomic mass is 32.2. The van der Waals surface area contributed by atoms with Crippen LogP contribution in [0, 0.1) is 11.7 Å². The van der Waals surface area contributed by atoms with Gasteiger partial charge in [-0.15, -0.1) is 0 Å². The molecule has 0 aliphatic carbocycles. The number of carbonyl (C=O) groups excluding carboxylic acids is 2. The zero-order chi connectivity index (χ0) is 22.4. The van der Waals surface area contributed by atoms with E-state index < -0.39 is 40.2 Å². The van der Waals surface area contributed by atoms with Crippen LogP contribution in [0.5, 0.6) is 5.75 Å². The quantitative estimate of drug-likeness (QED) is 0.650. The molecule has 1 amide bonds. The summed E-state index contributed by atoms with van der Waals surface area (Å²) in [4.78, 5) is 24.4. The summed E-state index contributed by atoms with van der Waals surface area (Å²) >= 11 is 0. The van der Waals surface area contributed by atoms with Crippen LogP contribution in [0.4, 0.5) is 10.1 Å². The molecule has 0 atom stereocenters. The third-order valence-corrected chi connectivity index (χ3v) is 6.88. The maximum Gasteiger partial charge on any atom is 0.309 e. The summed E-state index contributed by atoms with van der Waals surface area (Å²) in [5.74, 6) is -1.59. The Morgan fingerprint density at radius 3 is 2.39 bits per heavy atom. The average molecular weight is 450 g/mol. The first-order valence-corrected chi connectivity index (χ1v) is 11.1. The fourth-order valence-electron chi connectivity index (χ4n) is 3.28. The Kier molecular flexibility index (Phi) is 7.24. The normalized spacial score (nSPS) is 15.3. The average Bonchev–Trinajstić information content (AvgIpc) is 2.78. The van der Waals surface area contributed by atoms with Crippen molar-refractivity contribution in [1.29, 1.82) is 0 Å². The number of ether oxygens (including phenoxy) is 2. The summed E-state index contributed by atoms with van der Waals surface area (Å²) in [7, 11) is -2.28. The summed E-state index contributed by atoms with van der Waals surface area (Å²) in [6, 6.07) is 11.5. The molecule has 0 radical (unpaired) electrons. The second kappa shape index (κ2) is 9.88. The highest BCUT2D eigenvalue weighted by Crippen LogP contribution is 2.25. The number of piperidine rings is 1. The number of nitrogens with zero attached hydrogens (tertiary/aromatic N) is 1. The van der Waals surface area contributed by atoms with Crippen molar-refractivity contribution in [2.24, 2.45) is 5.92 Å². The summed E-state index contributed by atoms with van der Waals surface area (Å²) in [5, 5.41) is 2.61. The van der Waals surface area contributed by atoms with Gasteiger partial charge in [0.05, 0.1) is 23.6 Å². The van der Waals surface area contributed by atoms with Crippen molar-refractivity contribution in [2.75, 3.05) is 32.1 Å². The van der Waals surface area contributed by atoms with Gasteiger partial charge in [-0.1, -0.05) is 12.1 Å². The number of methoxy groups -OCH3 is 1. The van der Waals surface area contributed by atoms with E-state index in [-0.39, 0.29) is 30.8 Å². The van der Waals surface area contributed by atoms with E-state index in [0.717, 1.165) is 12.1 Å². The molecule has 0 unspecified atom stereocenters. The van der Waals surface area contributed by atoms with Crippen molar-refractivity contribution in [1.82, 2.24) is 4.31 Å². The van der Waals surface area contributed by atoms with Crippen LogP contribution in [0.3, 0.4) is 0 Å². The molecule has 1 heterocycles. The molecule has 8 nitrogen and oxygen atoms in total. The van der Waals surface area contributed by atoms with E-state index in [1.165, 1.54) is 23.5 Å². The highest BCUT2D eigenvalue weighted by molar-refractivity contribution is 7.89. The van der Waals surface area contributed by atoms with Crippen LogP contribution < -0.4 is 10.1 Å². The monoisotopic (exact) mass is 450 g/mol. The molecule has 10 heteroatoms. The van der Waals surface area contributed by atoms with Crippen LogP contribution in [0.15, 0.2) is 53.4 Å². The number of hydrogen-bond donors (Lipinski definition) is 1. The molecule has 3 rings (SSSR count). The van der Waals surface area contributed by atoms with E-state index in [2.05, 4.69) is 5.32 Å². The van der Waals surface area contributed by atoms with Gasteiger partial charge < -0.3 is 14.8 Å². The fraction of sp³-hybridized carbons (Fsp3) is 0.333. The number of sulfonamides is 1. The second-order valence-electron chi connectivity index (χ2n) is 6.99. The molecule has 1 aliphatic rings.